The monoisotopic (exact) mass is 544 g/mol. The topological polar surface area (TPSA) is 92.8 Å². The number of nitrogens with one attached hydrogen (secondary N) is 2. The van der Waals surface area contributed by atoms with Gasteiger partial charge in [-0.15, -0.1) is 13.2 Å². The minimum absolute atomic E-state index is 0.0182. The zero-order valence-corrected chi connectivity index (χ0v) is 20.7. The number of morpholine rings is 1. The highest BCUT2D eigenvalue weighted by molar-refractivity contribution is 6.06. The molecule has 2 aromatic carbocycles. The van der Waals surface area contributed by atoms with Gasteiger partial charge in [0.2, 0.25) is 5.91 Å². The van der Waals surface area contributed by atoms with Crippen molar-refractivity contribution in [1.29, 1.82) is 0 Å². The largest absolute Gasteiger partial charge is 0.573 e. The highest BCUT2D eigenvalue weighted by atomic mass is 19.4. The Hall–Kier alpha value is -4.03. The van der Waals surface area contributed by atoms with Crippen LogP contribution in [-0.4, -0.2) is 59.4 Å². The number of fused-ring (bicyclic) bond motifs is 2. The van der Waals surface area contributed by atoms with Crippen LogP contribution in [0.25, 0.3) is 11.3 Å². The number of hydrogen-bond donors (Lipinski definition) is 2. The zero-order chi connectivity index (χ0) is 27.7. The van der Waals surface area contributed by atoms with Crippen molar-refractivity contribution in [1.82, 2.24) is 9.88 Å². The second kappa shape index (κ2) is 10.6. The van der Waals surface area contributed by atoms with Gasteiger partial charge in [-0.25, -0.2) is 4.39 Å². The van der Waals surface area contributed by atoms with E-state index in [0.29, 0.717) is 30.1 Å². The van der Waals surface area contributed by atoms with Gasteiger partial charge in [0.15, 0.2) is 5.75 Å². The standard InChI is InChI=1S/C27H24F4N4O4/c1-15(35-13-21-11-20(35)14-38-21)25(36)34-23-10-17(5-8-24(23)39-27(29,30)31)26(37)33-19-6-7-22(32-12-19)16-3-2-4-18(28)9-16/h2-10,12,15,20-21H,11,13-14H2,1H3,(H,33,37)(H,34,36). The van der Waals surface area contributed by atoms with Gasteiger partial charge < -0.3 is 20.1 Å². The SMILES string of the molecule is CC(C(=O)Nc1cc(C(=O)Nc2ccc(-c3cccc(F)c3)nc2)ccc1OC(F)(F)F)N1CC2CC1CO2. The molecule has 39 heavy (non-hydrogen) atoms. The van der Waals surface area contributed by atoms with E-state index in [-0.39, 0.29) is 23.4 Å². The number of aromatic nitrogens is 1. The van der Waals surface area contributed by atoms with E-state index < -0.39 is 35.8 Å². The van der Waals surface area contributed by atoms with Crippen molar-refractivity contribution in [3.63, 3.8) is 0 Å². The van der Waals surface area contributed by atoms with Crippen molar-refractivity contribution in [2.75, 3.05) is 23.8 Å². The van der Waals surface area contributed by atoms with Crippen LogP contribution in [0.2, 0.25) is 0 Å². The van der Waals surface area contributed by atoms with Crippen LogP contribution in [0.3, 0.4) is 0 Å². The predicted octanol–water partition coefficient (Wildman–Crippen LogP) is 4.84. The number of carbonyl (C=O) groups excluding carboxylic acids is 2. The number of benzene rings is 2. The van der Waals surface area contributed by atoms with Crippen molar-refractivity contribution < 1.29 is 36.6 Å². The van der Waals surface area contributed by atoms with E-state index in [2.05, 4.69) is 20.4 Å². The minimum atomic E-state index is -5.00. The molecular formula is C27H24F4N4O4. The molecule has 2 aliphatic rings. The maximum Gasteiger partial charge on any atom is 0.573 e. The van der Waals surface area contributed by atoms with Gasteiger partial charge in [-0.2, -0.15) is 0 Å². The fourth-order valence-electron chi connectivity index (χ4n) is 4.76. The normalized spacial score (nSPS) is 19.5. The Kier molecular flexibility index (Phi) is 7.23. The van der Waals surface area contributed by atoms with Crippen LogP contribution in [0.4, 0.5) is 28.9 Å². The number of halogens is 4. The number of ether oxygens (including phenoxy) is 2. The van der Waals surface area contributed by atoms with Crippen molar-refractivity contribution >= 4 is 23.2 Å². The molecular weight excluding hydrogens is 520 g/mol. The van der Waals surface area contributed by atoms with Crippen molar-refractivity contribution in [2.45, 2.75) is 37.9 Å². The fourth-order valence-corrected chi connectivity index (χ4v) is 4.76. The van der Waals surface area contributed by atoms with E-state index >= 15 is 0 Å². The Morgan fingerprint density at radius 2 is 1.95 bits per heavy atom. The first-order chi connectivity index (χ1) is 18.6. The van der Waals surface area contributed by atoms with E-state index in [1.165, 1.54) is 18.3 Å². The number of nitrogens with zero attached hydrogens (tertiary/aromatic N) is 2. The molecule has 0 radical (unpaired) electrons. The molecule has 3 heterocycles. The molecule has 2 fully saturated rings. The molecule has 204 valence electrons. The number of hydrogen-bond acceptors (Lipinski definition) is 6. The smallest absolute Gasteiger partial charge is 0.404 e. The van der Waals surface area contributed by atoms with Crippen LogP contribution in [-0.2, 0) is 9.53 Å². The molecule has 3 aromatic rings. The summed E-state index contributed by atoms with van der Waals surface area (Å²) in [4.78, 5) is 32.0. The molecule has 2 N–H and O–H groups in total. The Bertz CT molecular complexity index is 1380. The van der Waals surface area contributed by atoms with Gasteiger partial charge in [-0.3, -0.25) is 19.5 Å². The molecule has 2 aliphatic heterocycles. The van der Waals surface area contributed by atoms with Crippen LogP contribution in [0, 0.1) is 5.82 Å². The van der Waals surface area contributed by atoms with Crippen LogP contribution in [0.15, 0.2) is 60.8 Å². The van der Waals surface area contributed by atoms with E-state index in [4.69, 9.17) is 4.74 Å². The summed E-state index contributed by atoms with van der Waals surface area (Å²) in [5.74, 6) is -2.24. The van der Waals surface area contributed by atoms with E-state index in [0.717, 1.165) is 24.6 Å². The molecule has 2 amide bonds. The summed E-state index contributed by atoms with van der Waals surface area (Å²) in [6.07, 6.45) is -2.79. The van der Waals surface area contributed by atoms with Crippen LogP contribution in [0.5, 0.6) is 5.75 Å². The number of pyridine rings is 1. The van der Waals surface area contributed by atoms with Gasteiger partial charge in [0, 0.05) is 23.7 Å². The molecule has 8 nitrogen and oxygen atoms in total. The van der Waals surface area contributed by atoms with Crippen molar-refractivity contribution in [3.8, 4) is 17.0 Å². The maximum atomic E-state index is 13.5. The molecule has 12 heteroatoms. The lowest BCUT2D eigenvalue weighted by molar-refractivity contribution is -0.274. The van der Waals surface area contributed by atoms with E-state index in [9.17, 15) is 27.2 Å². The summed E-state index contributed by atoms with van der Waals surface area (Å²) in [6, 6.07) is 11.7. The summed E-state index contributed by atoms with van der Waals surface area (Å²) in [5, 5.41) is 5.10. The predicted molar refractivity (Wildman–Crippen MR) is 134 cm³/mol. The first-order valence-corrected chi connectivity index (χ1v) is 12.2. The lowest BCUT2D eigenvalue weighted by Gasteiger charge is -2.31. The van der Waals surface area contributed by atoms with Crippen molar-refractivity contribution in [3.05, 3.63) is 72.2 Å². The summed E-state index contributed by atoms with van der Waals surface area (Å²) in [7, 11) is 0. The lowest BCUT2D eigenvalue weighted by Crippen LogP contribution is -2.48. The Labute approximate surface area is 220 Å². The molecule has 0 saturated carbocycles. The number of alkyl halides is 3. The van der Waals surface area contributed by atoms with E-state index in [1.807, 2.05) is 4.90 Å². The number of carbonyl (C=O) groups is 2. The number of rotatable bonds is 7. The van der Waals surface area contributed by atoms with Crippen molar-refractivity contribution in [2.24, 2.45) is 0 Å². The third-order valence-electron chi connectivity index (χ3n) is 6.69. The van der Waals surface area contributed by atoms with Crippen LogP contribution < -0.4 is 15.4 Å². The molecule has 3 unspecified atom stereocenters. The summed E-state index contributed by atoms with van der Waals surface area (Å²) < 4.78 is 62.2. The average molecular weight is 545 g/mol. The zero-order valence-electron chi connectivity index (χ0n) is 20.7. The molecule has 2 saturated heterocycles. The Morgan fingerprint density at radius 3 is 2.59 bits per heavy atom. The summed E-state index contributed by atoms with van der Waals surface area (Å²) >= 11 is 0. The third kappa shape index (κ3) is 6.18. The van der Waals surface area contributed by atoms with Gasteiger partial charge in [-0.05, 0) is 55.8 Å². The molecule has 0 aliphatic carbocycles. The van der Waals surface area contributed by atoms with Crippen LogP contribution in [0.1, 0.15) is 23.7 Å². The number of amides is 2. The van der Waals surface area contributed by atoms with Gasteiger partial charge in [0.1, 0.15) is 5.82 Å². The quantitative estimate of drug-likeness (QED) is 0.414. The lowest BCUT2D eigenvalue weighted by atomic mass is 10.1. The second-order valence-corrected chi connectivity index (χ2v) is 9.36. The summed E-state index contributed by atoms with van der Waals surface area (Å²) in [5.41, 5.74) is 1.03. The molecule has 5 rings (SSSR count). The molecule has 1 aromatic heterocycles. The Morgan fingerprint density at radius 1 is 1.13 bits per heavy atom. The third-order valence-corrected chi connectivity index (χ3v) is 6.69. The van der Waals surface area contributed by atoms with Gasteiger partial charge in [0.25, 0.3) is 5.91 Å². The Balaban J connectivity index is 1.32. The maximum absolute atomic E-state index is 13.5. The number of likely N-dealkylation sites (tertiary alicyclic amines) is 1. The van der Waals surface area contributed by atoms with E-state index in [1.54, 1.807) is 31.2 Å². The molecule has 2 bridgehead atoms. The first-order valence-electron chi connectivity index (χ1n) is 12.2. The second-order valence-electron chi connectivity index (χ2n) is 9.36. The fraction of sp³-hybridized carbons (Fsp3) is 0.296. The molecule has 3 atom stereocenters. The highest BCUT2D eigenvalue weighted by Crippen LogP contribution is 2.33. The van der Waals surface area contributed by atoms with Gasteiger partial charge in [-0.1, -0.05) is 12.1 Å². The average Bonchev–Trinajstić information content (AvgIpc) is 3.53. The number of anilines is 2. The van der Waals surface area contributed by atoms with Gasteiger partial charge in [0.05, 0.1) is 42.0 Å². The van der Waals surface area contributed by atoms with Crippen LogP contribution >= 0.6 is 0 Å². The first kappa shape index (κ1) is 26.6. The summed E-state index contributed by atoms with van der Waals surface area (Å²) in [6.45, 7) is 2.72. The minimum Gasteiger partial charge on any atom is -0.404 e. The molecule has 0 spiro atoms. The van der Waals surface area contributed by atoms with Gasteiger partial charge >= 0.3 is 6.36 Å². The highest BCUT2D eigenvalue weighted by Gasteiger charge is 2.43.